The topological polar surface area (TPSA) is 132 Å². The van der Waals surface area contributed by atoms with Crippen molar-refractivity contribution in [3.05, 3.63) is 54.1 Å². The molecule has 0 saturated carbocycles. The molecule has 2 aliphatic rings. The quantitative estimate of drug-likeness (QED) is 0.264. The van der Waals surface area contributed by atoms with E-state index in [9.17, 15) is 4.79 Å². The minimum atomic E-state index is -0.998. The van der Waals surface area contributed by atoms with E-state index in [4.69, 9.17) is 25.5 Å². The first kappa shape index (κ1) is 27.3. The van der Waals surface area contributed by atoms with E-state index >= 15 is 0 Å². The second-order valence-corrected chi connectivity index (χ2v) is 9.00. The SMILES string of the molecule is C=C(C)OCC.C=C(CCN1CCC2(CC1)CC(c1ccc(C(=O)O)cn1)=NO2)C(=N)SC=N. The Kier molecular flexibility index (Phi) is 10.5. The summed E-state index contributed by atoms with van der Waals surface area (Å²) in [7, 11) is 0. The van der Waals surface area contributed by atoms with Crippen LogP contribution in [0.25, 0.3) is 0 Å². The number of aromatic carboxylic acids is 1. The van der Waals surface area contributed by atoms with E-state index in [-0.39, 0.29) is 11.2 Å². The number of carboxylic acids is 1. The van der Waals surface area contributed by atoms with Crippen molar-refractivity contribution in [2.24, 2.45) is 5.16 Å². The molecular weight excluding hydrogens is 454 g/mol. The molecule has 1 saturated heterocycles. The summed E-state index contributed by atoms with van der Waals surface area (Å²) in [5.41, 5.74) is 3.17. The zero-order valence-corrected chi connectivity index (χ0v) is 20.6. The summed E-state index contributed by atoms with van der Waals surface area (Å²) in [6.45, 7) is 14.6. The van der Waals surface area contributed by atoms with Gasteiger partial charge in [-0.15, -0.1) is 0 Å². The highest BCUT2D eigenvalue weighted by Crippen LogP contribution is 2.36. The number of piperidine rings is 1. The second-order valence-electron chi connectivity index (χ2n) is 8.12. The molecule has 0 aromatic carbocycles. The fraction of sp³-hybridized carbons (Fsp3) is 0.458. The van der Waals surface area contributed by atoms with Gasteiger partial charge in [-0.1, -0.05) is 30.1 Å². The monoisotopic (exact) mass is 487 g/mol. The van der Waals surface area contributed by atoms with Gasteiger partial charge in [0.25, 0.3) is 0 Å². The Morgan fingerprint density at radius 1 is 1.38 bits per heavy atom. The first-order valence-electron chi connectivity index (χ1n) is 11.1. The maximum Gasteiger partial charge on any atom is 0.337 e. The Balaban J connectivity index is 0.000000604. The lowest BCUT2D eigenvalue weighted by molar-refractivity contribution is -0.0611. The second kappa shape index (κ2) is 13.0. The molecule has 3 heterocycles. The van der Waals surface area contributed by atoms with E-state index in [1.807, 2.05) is 13.8 Å². The van der Waals surface area contributed by atoms with Crippen LogP contribution in [0.1, 0.15) is 55.6 Å². The molecular formula is C24H33N5O4S. The Hall–Kier alpha value is -2.98. The van der Waals surface area contributed by atoms with Crippen LogP contribution in [0.15, 0.2) is 48.0 Å². The molecule has 3 N–H and O–H groups in total. The molecule has 10 heteroatoms. The number of ether oxygens (including phenoxy) is 1. The number of hydrogen-bond donors (Lipinski definition) is 3. The number of oxime groups is 1. The molecule has 0 radical (unpaired) electrons. The van der Waals surface area contributed by atoms with E-state index in [1.165, 1.54) is 12.3 Å². The Morgan fingerprint density at radius 2 is 2.09 bits per heavy atom. The number of likely N-dealkylation sites (tertiary alicyclic amines) is 1. The number of aromatic nitrogens is 1. The van der Waals surface area contributed by atoms with Gasteiger partial charge in [-0.25, -0.2) is 4.79 Å². The third kappa shape index (κ3) is 8.11. The van der Waals surface area contributed by atoms with E-state index < -0.39 is 5.97 Å². The van der Waals surface area contributed by atoms with Gasteiger partial charge >= 0.3 is 5.97 Å². The minimum Gasteiger partial charge on any atom is -0.499 e. The highest BCUT2D eigenvalue weighted by Gasteiger charge is 2.42. The van der Waals surface area contributed by atoms with Gasteiger partial charge in [-0.05, 0) is 38.0 Å². The van der Waals surface area contributed by atoms with E-state index in [0.29, 0.717) is 17.2 Å². The lowest BCUT2D eigenvalue weighted by Crippen LogP contribution is -2.45. The number of nitrogens with zero attached hydrogens (tertiary/aromatic N) is 3. The predicted octanol–water partition coefficient (Wildman–Crippen LogP) is 4.56. The minimum absolute atomic E-state index is 0.153. The zero-order chi connectivity index (χ0) is 25.1. The van der Waals surface area contributed by atoms with Gasteiger partial charge in [0.2, 0.25) is 0 Å². The van der Waals surface area contributed by atoms with Crippen molar-refractivity contribution >= 4 is 34.0 Å². The third-order valence-electron chi connectivity index (χ3n) is 5.53. The third-order valence-corrected chi connectivity index (χ3v) is 6.17. The van der Waals surface area contributed by atoms with Crippen LogP contribution >= 0.6 is 11.8 Å². The predicted molar refractivity (Wildman–Crippen MR) is 136 cm³/mol. The highest BCUT2D eigenvalue weighted by molar-refractivity contribution is 8.25. The fourth-order valence-electron chi connectivity index (χ4n) is 3.60. The number of rotatable bonds is 9. The summed E-state index contributed by atoms with van der Waals surface area (Å²) in [6, 6.07) is 3.20. The molecule has 0 atom stereocenters. The molecule has 1 aromatic heterocycles. The Morgan fingerprint density at radius 3 is 2.59 bits per heavy atom. The number of allylic oxidation sites excluding steroid dienone is 1. The first-order chi connectivity index (χ1) is 16.2. The van der Waals surface area contributed by atoms with Gasteiger partial charge in [0, 0.05) is 45.1 Å². The summed E-state index contributed by atoms with van der Waals surface area (Å²) in [4.78, 5) is 23.3. The Labute approximate surface area is 204 Å². The van der Waals surface area contributed by atoms with Crippen LogP contribution in [0.4, 0.5) is 0 Å². The lowest BCUT2D eigenvalue weighted by Gasteiger charge is -2.37. The molecule has 1 aromatic rings. The summed E-state index contributed by atoms with van der Waals surface area (Å²) < 4.78 is 4.85. The molecule has 184 valence electrons. The largest absolute Gasteiger partial charge is 0.499 e. The summed E-state index contributed by atoms with van der Waals surface area (Å²) in [5, 5.41) is 28.4. The Bertz CT molecular complexity index is 937. The van der Waals surface area contributed by atoms with Gasteiger partial charge in [-0.3, -0.25) is 10.4 Å². The zero-order valence-electron chi connectivity index (χ0n) is 19.8. The van der Waals surface area contributed by atoms with Crippen LogP contribution in [-0.2, 0) is 9.57 Å². The van der Waals surface area contributed by atoms with Crippen molar-refractivity contribution in [2.45, 2.75) is 45.1 Å². The number of carboxylic acid groups (broad SMARTS) is 1. The normalized spacial score (nSPS) is 16.5. The number of hydrogen-bond acceptors (Lipinski definition) is 9. The average Bonchev–Trinajstić information content (AvgIpc) is 3.22. The highest BCUT2D eigenvalue weighted by atomic mass is 32.2. The van der Waals surface area contributed by atoms with E-state index in [0.717, 1.165) is 79.9 Å². The van der Waals surface area contributed by atoms with Crippen LogP contribution in [0.5, 0.6) is 0 Å². The molecule has 0 bridgehead atoms. The van der Waals surface area contributed by atoms with Crippen LogP contribution in [0, 0.1) is 10.8 Å². The van der Waals surface area contributed by atoms with Crippen molar-refractivity contribution in [1.29, 1.82) is 10.8 Å². The van der Waals surface area contributed by atoms with E-state index in [2.05, 4.69) is 28.2 Å². The molecule has 0 aliphatic carbocycles. The van der Waals surface area contributed by atoms with Gasteiger partial charge in [0.05, 0.1) is 34.2 Å². The van der Waals surface area contributed by atoms with Gasteiger partial charge < -0.3 is 25.0 Å². The fourth-order valence-corrected chi connectivity index (χ4v) is 3.98. The van der Waals surface area contributed by atoms with Crippen molar-refractivity contribution in [3.8, 4) is 0 Å². The average molecular weight is 488 g/mol. The number of thioether (sulfide) groups is 1. The van der Waals surface area contributed by atoms with Crippen molar-refractivity contribution in [2.75, 3.05) is 26.2 Å². The van der Waals surface area contributed by atoms with Gasteiger partial charge in [0.15, 0.2) is 0 Å². The molecule has 34 heavy (non-hydrogen) atoms. The number of nitrogens with one attached hydrogen (secondary N) is 2. The van der Waals surface area contributed by atoms with Crippen LogP contribution in [-0.4, -0.2) is 69.1 Å². The standard InChI is InChI=1S/C19H23N5O3S.C5H10O/c1-13(17(21)28-12-20)4-7-24-8-5-19(6-9-24)10-16(23-27-19)15-3-2-14(11-22-15)18(25)26;1-4-6-5(2)3/h2-3,11-12,20-21H,1,4-10H2,(H,25,26);2,4H2,1,3H3. The maximum atomic E-state index is 10.9. The molecule has 0 amide bonds. The molecule has 2 aliphatic heterocycles. The molecule has 9 nitrogen and oxygen atoms in total. The van der Waals surface area contributed by atoms with Crippen molar-refractivity contribution < 1.29 is 19.5 Å². The first-order valence-corrected chi connectivity index (χ1v) is 12.0. The maximum absolute atomic E-state index is 10.9. The number of carbonyl (C=O) groups is 1. The van der Waals surface area contributed by atoms with Gasteiger partial charge in [-0.2, -0.15) is 0 Å². The molecule has 3 rings (SSSR count). The molecule has 0 unspecified atom stereocenters. The molecule has 1 fully saturated rings. The summed E-state index contributed by atoms with van der Waals surface area (Å²) in [6.07, 6.45) is 4.44. The number of pyridine rings is 1. The summed E-state index contributed by atoms with van der Waals surface area (Å²) in [5.74, 6) is -0.209. The van der Waals surface area contributed by atoms with Gasteiger partial charge in [0.1, 0.15) is 11.3 Å². The van der Waals surface area contributed by atoms with Crippen LogP contribution in [0.2, 0.25) is 0 Å². The lowest BCUT2D eigenvalue weighted by atomic mass is 9.86. The molecule has 1 spiro atoms. The van der Waals surface area contributed by atoms with Crippen LogP contribution < -0.4 is 0 Å². The smallest absolute Gasteiger partial charge is 0.337 e. The van der Waals surface area contributed by atoms with Crippen LogP contribution in [0.3, 0.4) is 0 Å². The summed E-state index contributed by atoms with van der Waals surface area (Å²) >= 11 is 1.08. The van der Waals surface area contributed by atoms with E-state index in [1.54, 1.807) is 6.07 Å². The van der Waals surface area contributed by atoms with Crippen molar-refractivity contribution in [3.63, 3.8) is 0 Å². The van der Waals surface area contributed by atoms with Crippen molar-refractivity contribution in [1.82, 2.24) is 9.88 Å².